The Morgan fingerprint density at radius 2 is 2.08 bits per heavy atom. The number of rotatable bonds is 4. The fourth-order valence-electron chi connectivity index (χ4n) is 3.70. The second-order valence-electron chi connectivity index (χ2n) is 6.58. The van der Waals surface area contributed by atoms with Gasteiger partial charge in [-0.25, -0.2) is 0 Å². The van der Waals surface area contributed by atoms with Gasteiger partial charge >= 0.3 is 0 Å². The summed E-state index contributed by atoms with van der Waals surface area (Å²) in [6, 6.07) is 15.2. The highest BCUT2D eigenvalue weighted by Crippen LogP contribution is 2.32. The number of ether oxygens (including phenoxy) is 1. The Hall–Kier alpha value is -2.95. The van der Waals surface area contributed by atoms with Gasteiger partial charge in [-0.05, 0) is 29.7 Å². The molecule has 0 spiro atoms. The third-order valence-electron chi connectivity index (χ3n) is 5.09. The molecule has 5 nitrogen and oxygen atoms in total. The molecule has 5 heteroatoms. The van der Waals surface area contributed by atoms with Crippen LogP contribution in [-0.4, -0.2) is 42.5 Å². The van der Waals surface area contributed by atoms with Gasteiger partial charge in [0, 0.05) is 12.1 Å². The van der Waals surface area contributed by atoms with Gasteiger partial charge in [-0.1, -0.05) is 36.4 Å². The summed E-state index contributed by atoms with van der Waals surface area (Å²) in [7, 11) is 1.56. The summed E-state index contributed by atoms with van der Waals surface area (Å²) in [6.07, 6.45) is 0.867. The van der Waals surface area contributed by atoms with E-state index in [2.05, 4.69) is 17.1 Å². The molecule has 1 atom stereocenters. The van der Waals surface area contributed by atoms with Gasteiger partial charge in [-0.15, -0.1) is 0 Å². The smallest absolute Gasteiger partial charge is 0.268 e. The van der Waals surface area contributed by atoms with E-state index in [0.717, 1.165) is 6.42 Å². The lowest BCUT2D eigenvalue weighted by Crippen LogP contribution is -2.48. The minimum atomic E-state index is -0.119. The average Bonchev–Trinajstić information content (AvgIpc) is 2.69. The average molecular weight is 348 g/mol. The predicted octanol–water partition coefficient (Wildman–Crippen LogP) is 2.85. The number of ketones is 1. The fourth-order valence-corrected chi connectivity index (χ4v) is 3.70. The van der Waals surface area contributed by atoms with Crippen LogP contribution >= 0.6 is 0 Å². The number of Topliss-reactive ketones (excluding diaryl/α,β-unsaturated/α-hetero) is 1. The lowest BCUT2D eigenvalue weighted by atomic mass is 9.90. The normalized spacial score (nSPS) is 18.7. The number of fused-ring (bicyclic) bond motifs is 3. The van der Waals surface area contributed by atoms with Crippen LogP contribution in [0.4, 0.5) is 0 Å². The summed E-state index contributed by atoms with van der Waals surface area (Å²) in [4.78, 5) is 31.8. The number of carbonyl (C=O) groups is 2. The van der Waals surface area contributed by atoms with Crippen molar-refractivity contribution in [2.45, 2.75) is 18.9 Å². The molecule has 0 aliphatic carbocycles. The summed E-state index contributed by atoms with van der Waals surface area (Å²) in [5.41, 5.74) is 3.35. The van der Waals surface area contributed by atoms with E-state index in [1.165, 1.54) is 11.1 Å². The number of amides is 1. The molecular weight excluding hydrogens is 328 g/mol. The van der Waals surface area contributed by atoms with E-state index in [4.69, 9.17) is 4.74 Å². The second kappa shape index (κ2) is 6.75. The summed E-state index contributed by atoms with van der Waals surface area (Å²) in [5.74, 6) is 0.388. The van der Waals surface area contributed by atoms with Crippen LogP contribution in [-0.2, 0) is 11.2 Å². The Bertz CT molecular complexity index is 904. The number of nitrogens with zero attached hydrogens (tertiary/aromatic N) is 2. The van der Waals surface area contributed by atoms with Crippen LogP contribution in [0.15, 0.2) is 53.5 Å². The Labute approximate surface area is 152 Å². The van der Waals surface area contributed by atoms with E-state index in [0.29, 0.717) is 30.1 Å². The van der Waals surface area contributed by atoms with Crippen molar-refractivity contribution in [1.82, 2.24) is 4.90 Å². The van der Waals surface area contributed by atoms with E-state index in [1.54, 1.807) is 31.4 Å². The highest BCUT2D eigenvalue weighted by Gasteiger charge is 2.36. The fraction of sp³-hybridized carbons (Fsp3) is 0.286. The Kier molecular flexibility index (Phi) is 4.29. The molecule has 0 N–H and O–H groups in total. The topological polar surface area (TPSA) is 59.0 Å². The summed E-state index contributed by atoms with van der Waals surface area (Å²) in [6.45, 7) is 1.19. The Balaban J connectivity index is 1.55. The van der Waals surface area contributed by atoms with E-state index in [9.17, 15) is 9.59 Å². The molecule has 132 valence electrons. The molecule has 0 saturated heterocycles. The molecule has 0 bridgehead atoms. The van der Waals surface area contributed by atoms with Gasteiger partial charge in [0.05, 0.1) is 26.1 Å². The molecule has 0 radical (unpaired) electrons. The summed E-state index contributed by atoms with van der Waals surface area (Å²) in [5, 5.41) is 0. The maximum absolute atomic E-state index is 12.9. The van der Waals surface area contributed by atoms with E-state index >= 15 is 0 Å². The molecule has 4 rings (SSSR count). The van der Waals surface area contributed by atoms with Crippen molar-refractivity contribution in [3.63, 3.8) is 0 Å². The number of methoxy groups -OCH3 is 1. The van der Waals surface area contributed by atoms with Crippen LogP contribution < -0.4 is 4.74 Å². The van der Waals surface area contributed by atoms with Crippen LogP contribution in [0.1, 0.15) is 33.9 Å². The molecule has 0 unspecified atom stereocenters. The zero-order valence-electron chi connectivity index (χ0n) is 14.6. The molecule has 2 aromatic rings. The van der Waals surface area contributed by atoms with Gasteiger partial charge in [0.1, 0.15) is 11.5 Å². The highest BCUT2D eigenvalue weighted by atomic mass is 16.5. The molecule has 2 aromatic carbocycles. The maximum Gasteiger partial charge on any atom is 0.268 e. The van der Waals surface area contributed by atoms with Crippen molar-refractivity contribution in [3.05, 3.63) is 65.2 Å². The first-order valence-electron chi connectivity index (χ1n) is 8.76. The van der Waals surface area contributed by atoms with Crippen LogP contribution in [0.3, 0.4) is 0 Å². The molecule has 0 saturated carbocycles. The number of hydrogen-bond donors (Lipinski definition) is 0. The van der Waals surface area contributed by atoms with Gasteiger partial charge in [-0.3, -0.25) is 14.6 Å². The van der Waals surface area contributed by atoms with Gasteiger partial charge < -0.3 is 9.64 Å². The summed E-state index contributed by atoms with van der Waals surface area (Å²) < 4.78 is 5.16. The highest BCUT2D eigenvalue weighted by molar-refractivity contribution is 6.43. The first kappa shape index (κ1) is 16.5. The SMILES string of the molecule is COc1cccc(C(=O)CC2=NC[C@@H]3c4ccccc4CCN3C2=O)c1. The van der Waals surface area contributed by atoms with Crippen LogP contribution in [0.2, 0.25) is 0 Å². The molecule has 0 aromatic heterocycles. The second-order valence-corrected chi connectivity index (χ2v) is 6.58. The quantitative estimate of drug-likeness (QED) is 0.799. The maximum atomic E-state index is 12.9. The number of hydrogen-bond acceptors (Lipinski definition) is 4. The monoisotopic (exact) mass is 348 g/mol. The van der Waals surface area contributed by atoms with Crippen molar-refractivity contribution in [1.29, 1.82) is 0 Å². The van der Waals surface area contributed by atoms with Gasteiger partial charge in [-0.2, -0.15) is 0 Å². The van der Waals surface area contributed by atoms with Gasteiger partial charge in [0.2, 0.25) is 0 Å². The first-order valence-corrected chi connectivity index (χ1v) is 8.76. The molecule has 2 aliphatic heterocycles. The standard InChI is InChI=1S/C21H20N2O3/c1-26-16-7-4-6-15(11-16)20(24)12-18-21(25)23-10-9-14-5-2-3-8-17(14)19(23)13-22-18/h2-8,11,19H,9-10,12-13H2,1H3/t19-/m1/s1. The predicted molar refractivity (Wildman–Crippen MR) is 98.8 cm³/mol. The zero-order chi connectivity index (χ0) is 18.1. The molecule has 2 heterocycles. The lowest BCUT2D eigenvalue weighted by molar-refractivity contribution is -0.127. The van der Waals surface area contributed by atoms with E-state index in [1.807, 2.05) is 17.0 Å². The Morgan fingerprint density at radius 3 is 2.92 bits per heavy atom. The van der Waals surface area contributed by atoms with Crippen molar-refractivity contribution in [3.8, 4) is 5.75 Å². The van der Waals surface area contributed by atoms with Crippen molar-refractivity contribution >= 4 is 17.4 Å². The van der Waals surface area contributed by atoms with Crippen LogP contribution in [0.25, 0.3) is 0 Å². The van der Waals surface area contributed by atoms with Gasteiger partial charge in [0.15, 0.2) is 5.78 Å². The Morgan fingerprint density at radius 1 is 1.23 bits per heavy atom. The van der Waals surface area contributed by atoms with Crippen LogP contribution in [0.5, 0.6) is 5.75 Å². The first-order chi connectivity index (χ1) is 12.7. The number of carbonyl (C=O) groups excluding carboxylic acids is 2. The molecule has 2 aliphatic rings. The van der Waals surface area contributed by atoms with Crippen LogP contribution in [0, 0.1) is 0 Å². The third kappa shape index (κ3) is 2.90. The lowest BCUT2D eigenvalue weighted by Gasteiger charge is -2.39. The molecule has 0 fully saturated rings. The zero-order valence-corrected chi connectivity index (χ0v) is 14.6. The number of benzene rings is 2. The third-order valence-corrected chi connectivity index (χ3v) is 5.09. The van der Waals surface area contributed by atoms with Crippen molar-refractivity contribution in [2.24, 2.45) is 4.99 Å². The van der Waals surface area contributed by atoms with Crippen molar-refractivity contribution in [2.75, 3.05) is 20.2 Å². The number of aliphatic imine (C=N–C) groups is 1. The van der Waals surface area contributed by atoms with E-state index < -0.39 is 0 Å². The molecule has 26 heavy (non-hydrogen) atoms. The summed E-state index contributed by atoms with van der Waals surface area (Å²) >= 11 is 0. The largest absolute Gasteiger partial charge is 0.497 e. The van der Waals surface area contributed by atoms with Gasteiger partial charge in [0.25, 0.3) is 5.91 Å². The minimum Gasteiger partial charge on any atom is -0.497 e. The molecular formula is C21H20N2O3. The molecule has 1 amide bonds. The van der Waals surface area contributed by atoms with Crippen molar-refractivity contribution < 1.29 is 14.3 Å². The minimum absolute atomic E-state index is 0.0110. The van der Waals surface area contributed by atoms with E-state index in [-0.39, 0.29) is 24.2 Å².